The first-order valence-electron chi connectivity index (χ1n) is 4.39. The Morgan fingerprint density at radius 2 is 1.75 bits per heavy atom. The number of halogens is 3. The van der Waals surface area contributed by atoms with E-state index in [0.29, 0.717) is 11.6 Å². The van der Waals surface area contributed by atoms with Crippen LogP contribution in [0.1, 0.15) is 11.1 Å². The topological polar surface area (TPSA) is 17.1 Å². The van der Waals surface area contributed by atoms with Gasteiger partial charge in [-0.15, -0.1) is 12.6 Å². The number of hydrogen-bond donors (Lipinski definition) is 1. The van der Waals surface area contributed by atoms with Crippen LogP contribution in [0, 0.1) is 6.92 Å². The molecule has 0 aliphatic heterocycles. The zero-order chi connectivity index (χ0) is 12.3. The molecule has 16 heavy (non-hydrogen) atoms. The first-order chi connectivity index (χ1) is 7.30. The van der Waals surface area contributed by atoms with Crippen molar-refractivity contribution in [2.75, 3.05) is 0 Å². The second-order valence-electron chi connectivity index (χ2n) is 3.26. The van der Waals surface area contributed by atoms with Crippen LogP contribution in [-0.4, -0.2) is 12.0 Å². The molecule has 0 aliphatic rings. The van der Waals surface area contributed by atoms with Crippen molar-refractivity contribution in [3.05, 3.63) is 41.5 Å². The monoisotopic (exact) mass is 246 g/mol. The number of benzene rings is 1. The van der Waals surface area contributed by atoms with Gasteiger partial charge in [-0.25, -0.2) is 0 Å². The fraction of sp³-hybridized carbons (Fsp3) is 0.182. The molecule has 1 rings (SSSR count). The fourth-order valence-electron chi connectivity index (χ4n) is 1.01. The number of carbonyl (C=O) groups excluding carboxylic acids is 1. The molecule has 0 N–H and O–H groups in total. The molecule has 0 bridgehead atoms. The van der Waals surface area contributed by atoms with Crippen LogP contribution in [0.4, 0.5) is 13.2 Å². The number of allylic oxidation sites excluding steroid dienone is 1. The van der Waals surface area contributed by atoms with E-state index in [2.05, 4.69) is 12.6 Å². The van der Waals surface area contributed by atoms with Gasteiger partial charge in [0.15, 0.2) is 0 Å². The van der Waals surface area contributed by atoms with Gasteiger partial charge in [0.25, 0.3) is 5.78 Å². The first kappa shape index (κ1) is 12.8. The molecule has 0 heterocycles. The average Bonchev–Trinajstić information content (AvgIpc) is 2.17. The normalized spacial score (nSPS) is 12.7. The smallest absolute Gasteiger partial charge is 0.285 e. The minimum absolute atomic E-state index is 0.00215. The summed E-state index contributed by atoms with van der Waals surface area (Å²) in [6, 6.07) is 6.69. The van der Waals surface area contributed by atoms with Crippen LogP contribution < -0.4 is 0 Å². The Hall–Kier alpha value is -1.23. The van der Waals surface area contributed by atoms with Crippen molar-refractivity contribution in [1.82, 2.24) is 0 Å². The summed E-state index contributed by atoms with van der Waals surface area (Å²) in [6.07, 6.45) is -4.37. The van der Waals surface area contributed by atoms with Gasteiger partial charge in [0.2, 0.25) is 0 Å². The van der Waals surface area contributed by atoms with Crippen LogP contribution in [-0.2, 0) is 4.79 Å². The third kappa shape index (κ3) is 3.41. The predicted octanol–water partition coefficient (Wildman–Crippen LogP) is 3.40. The third-order valence-electron chi connectivity index (χ3n) is 1.89. The van der Waals surface area contributed by atoms with E-state index >= 15 is 0 Å². The number of hydrogen-bond acceptors (Lipinski definition) is 2. The number of aryl methyl sites for hydroxylation is 1. The predicted molar refractivity (Wildman–Crippen MR) is 59.2 cm³/mol. The molecule has 0 radical (unpaired) electrons. The van der Waals surface area contributed by atoms with Gasteiger partial charge in [0.05, 0.1) is 0 Å². The highest BCUT2D eigenvalue weighted by Crippen LogP contribution is 2.23. The molecule has 1 nitrogen and oxygen atoms in total. The Labute approximate surface area is 96.4 Å². The van der Waals surface area contributed by atoms with Gasteiger partial charge in [0, 0.05) is 11.0 Å². The summed E-state index contributed by atoms with van der Waals surface area (Å²) in [6.45, 7) is 1.85. The Morgan fingerprint density at radius 3 is 2.19 bits per heavy atom. The summed E-state index contributed by atoms with van der Waals surface area (Å²) in [5.74, 6) is -1.90. The molecule has 1 aromatic carbocycles. The summed E-state index contributed by atoms with van der Waals surface area (Å²) in [5.41, 5.74) is 1.46. The standard InChI is InChI=1S/C11H9F3OS/c1-7-2-4-8(5-3-7)9(16)6-10(15)11(12,13)14/h2-6,16H,1H3/b9-6+. The van der Waals surface area contributed by atoms with Crippen molar-refractivity contribution in [3.63, 3.8) is 0 Å². The molecule has 0 unspecified atom stereocenters. The lowest BCUT2D eigenvalue weighted by atomic mass is 10.1. The largest absolute Gasteiger partial charge is 0.454 e. The van der Waals surface area contributed by atoms with Gasteiger partial charge < -0.3 is 0 Å². The lowest BCUT2D eigenvalue weighted by molar-refractivity contribution is -0.165. The van der Waals surface area contributed by atoms with Crippen LogP contribution >= 0.6 is 12.6 Å². The maximum Gasteiger partial charge on any atom is 0.454 e. The Balaban J connectivity index is 2.94. The van der Waals surface area contributed by atoms with Gasteiger partial charge in [-0.1, -0.05) is 29.8 Å². The lowest BCUT2D eigenvalue weighted by Gasteiger charge is -2.03. The number of carbonyl (C=O) groups is 1. The van der Waals surface area contributed by atoms with Gasteiger partial charge in [-0.05, 0) is 12.5 Å². The third-order valence-corrected chi connectivity index (χ3v) is 2.28. The summed E-state index contributed by atoms with van der Waals surface area (Å²) >= 11 is 3.87. The Bertz CT molecular complexity index is 418. The maximum absolute atomic E-state index is 12.0. The van der Waals surface area contributed by atoms with Crippen molar-refractivity contribution >= 4 is 23.3 Å². The maximum atomic E-state index is 12.0. The SMILES string of the molecule is Cc1ccc(/C(S)=C\C(=O)C(F)(F)F)cc1. The van der Waals surface area contributed by atoms with E-state index in [1.54, 1.807) is 24.3 Å². The minimum Gasteiger partial charge on any atom is -0.285 e. The number of ketones is 1. The van der Waals surface area contributed by atoms with Crippen molar-refractivity contribution in [2.24, 2.45) is 0 Å². The zero-order valence-electron chi connectivity index (χ0n) is 8.38. The van der Waals surface area contributed by atoms with E-state index in [1.165, 1.54) is 0 Å². The number of rotatable bonds is 2. The molecule has 0 spiro atoms. The van der Waals surface area contributed by atoms with Crippen molar-refractivity contribution < 1.29 is 18.0 Å². The molecule has 0 aromatic heterocycles. The molecular weight excluding hydrogens is 237 g/mol. The van der Waals surface area contributed by atoms with Crippen LogP contribution in [0.15, 0.2) is 30.3 Å². The molecule has 0 fully saturated rings. The lowest BCUT2D eigenvalue weighted by Crippen LogP contribution is -2.20. The number of alkyl halides is 3. The summed E-state index contributed by atoms with van der Waals surface area (Å²) in [4.78, 5) is 10.7. The van der Waals surface area contributed by atoms with Gasteiger partial charge in [-0.3, -0.25) is 4.79 Å². The highest BCUT2D eigenvalue weighted by Gasteiger charge is 2.36. The second kappa shape index (κ2) is 4.74. The molecule has 0 aliphatic carbocycles. The van der Waals surface area contributed by atoms with Crippen LogP contribution in [0.5, 0.6) is 0 Å². The van der Waals surface area contributed by atoms with E-state index in [4.69, 9.17) is 0 Å². The van der Waals surface area contributed by atoms with Crippen LogP contribution in [0.2, 0.25) is 0 Å². The van der Waals surface area contributed by atoms with Crippen molar-refractivity contribution in [2.45, 2.75) is 13.1 Å². The second-order valence-corrected chi connectivity index (χ2v) is 3.74. The molecule has 86 valence electrons. The van der Waals surface area contributed by atoms with E-state index in [1.807, 2.05) is 6.92 Å². The van der Waals surface area contributed by atoms with Gasteiger partial charge >= 0.3 is 6.18 Å². The fourth-order valence-corrected chi connectivity index (χ4v) is 1.28. The van der Waals surface area contributed by atoms with E-state index < -0.39 is 12.0 Å². The summed E-state index contributed by atoms with van der Waals surface area (Å²) < 4.78 is 35.9. The molecule has 0 saturated heterocycles. The zero-order valence-corrected chi connectivity index (χ0v) is 9.27. The molecule has 1 aromatic rings. The quantitative estimate of drug-likeness (QED) is 0.625. The Kier molecular flexibility index (Phi) is 3.80. The highest BCUT2D eigenvalue weighted by molar-refractivity contribution is 7.90. The molecule has 0 saturated carbocycles. The molecule has 5 heteroatoms. The molecular formula is C11H9F3OS. The molecule has 0 atom stereocenters. The van der Waals surface area contributed by atoms with Gasteiger partial charge in [0.1, 0.15) is 0 Å². The first-order valence-corrected chi connectivity index (χ1v) is 4.84. The summed E-state index contributed by atoms with van der Waals surface area (Å²) in [5, 5.41) is 0. The van der Waals surface area contributed by atoms with Gasteiger partial charge in [-0.2, -0.15) is 13.2 Å². The van der Waals surface area contributed by atoms with E-state index in [-0.39, 0.29) is 4.91 Å². The van der Waals surface area contributed by atoms with Crippen molar-refractivity contribution in [3.8, 4) is 0 Å². The van der Waals surface area contributed by atoms with E-state index in [9.17, 15) is 18.0 Å². The Morgan fingerprint density at radius 1 is 1.25 bits per heavy atom. The van der Waals surface area contributed by atoms with Crippen LogP contribution in [0.3, 0.4) is 0 Å². The van der Waals surface area contributed by atoms with Crippen LogP contribution in [0.25, 0.3) is 4.91 Å². The summed E-state index contributed by atoms with van der Waals surface area (Å²) in [7, 11) is 0. The average molecular weight is 246 g/mol. The van der Waals surface area contributed by atoms with Crippen molar-refractivity contribution in [1.29, 1.82) is 0 Å². The minimum atomic E-state index is -4.85. The highest BCUT2D eigenvalue weighted by atomic mass is 32.1. The van der Waals surface area contributed by atoms with E-state index in [0.717, 1.165) is 5.56 Å². The number of thiol groups is 1. The molecule has 0 amide bonds.